The molecule has 24 heavy (non-hydrogen) atoms. The highest BCUT2D eigenvalue weighted by Gasteiger charge is 2.25. The Morgan fingerprint density at radius 2 is 1.29 bits per heavy atom. The zero-order chi connectivity index (χ0) is 18.1. The molecule has 0 bridgehead atoms. The van der Waals surface area contributed by atoms with Crippen LogP contribution in [0.2, 0.25) is 0 Å². The van der Waals surface area contributed by atoms with Crippen LogP contribution in [0.5, 0.6) is 0 Å². The van der Waals surface area contributed by atoms with Crippen molar-refractivity contribution in [2.75, 3.05) is 0 Å². The number of fused-ring (bicyclic) bond motifs is 1. The molecule has 0 saturated heterocycles. The van der Waals surface area contributed by atoms with Crippen LogP contribution in [0.1, 0.15) is 61.1 Å². The maximum absolute atomic E-state index is 9.73. The first-order valence-corrected chi connectivity index (χ1v) is 7.61. The number of nitrogens with zero attached hydrogens (tertiary/aromatic N) is 4. The van der Waals surface area contributed by atoms with E-state index in [4.69, 9.17) is 0 Å². The minimum Gasteiger partial charge on any atom is -0.192 e. The fourth-order valence-electron chi connectivity index (χ4n) is 2.98. The highest BCUT2D eigenvalue weighted by molar-refractivity contribution is 6.01. The van der Waals surface area contributed by atoms with Crippen LogP contribution in [0.3, 0.4) is 0 Å². The molecule has 4 heteroatoms. The second kappa shape index (κ2) is 6.04. The van der Waals surface area contributed by atoms with Crippen LogP contribution in [0.4, 0.5) is 0 Å². The maximum Gasteiger partial charge on any atom is 0.100 e. The zero-order valence-electron chi connectivity index (χ0n) is 14.2. The second-order valence-electron chi connectivity index (χ2n) is 6.61. The lowest BCUT2D eigenvalue weighted by Crippen LogP contribution is -2.15. The summed E-state index contributed by atoms with van der Waals surface area (Å²) in [7, 11) is 0. The van der Waals surface area contributed by atoms with Crippen molar-refractivity contribution >= 4 is 10.8 Å². The van der Waals surface area contributed by atoms with Crippen LogP contribution in [0.15, 0.2) is 12.1 Å². The molecular weight excluding hydrogens is 296 g/mol. The molecule has 0 unspecified atom stereocenters. The van der Waals surface area contributed by atoms with Gasteiger partial charge in [0.05, 0.1) is 34.4 Å². The monoisotopic (exact) mass is 312 g/mol. The first-order valence-electron chi connectivity index (χ1n) is 7.61. The minimum absolute atomic E-state index is 0.331. The Morgan fingerprint density at radius 3 is 1.71 bits per heavy atom. The average molecular weight is 312 g/mol. The van der Waals surface area contributed by atoms with Crippen molar-refractivity contribution in [3.63, 3.8) is 0 Å². The van der Waals surface area contributed by atoms with E-state index in [9.17, 15) is 21.0 Å². The minimum atomic E-state index is -0.367. The Hall–Kier alpha value is -3.34. The van der Waals surface area contributed by atoms with Gasteiger partial charge in [-0.25, -0.2) is 0 Å². The summed E-state index contributed by atoms with van der Waals surface area (Å²) in [5.74, 6) is 0. The molecule has 0 N–H and O–H groups in total. The summed E-state index contributed by atoms with van der Waals surface area (Å²) in [5.41, 5.74) is 2.46. The van der Waals surface area contributed by atoms with Crippen molar-refractivity contribution in [1.82, 2.24) is 0 Å². The van der Waals surface area contributed by atoms with E-state index in [1.165, 1.54) is 0 Å². The summed E-state index contributed by atoms with van der Waals surface area (Å²) in [5, 5.41) is 39.3. The lowest BCUT2D eigenvalue weighted by molar-refractivity contribution is 0.589. The van der Waals surface area contributed by atoms with Gasteiger partial charge < -0.3 is 0 Å². The van der Waals surface area contributed by atoms with E-state index in [0.29, 0.717) is 50.6 Å². The number of hydrogen-bond donors (Lipinski definition) is 0. The molecule has 0 amide bonds. The Bertz CT molecular complexity index is 1010. The molecule has 0 aliphatic rings. The van der Waals surface area contributed by atoms with Crippen molar-refractivity contribution in [1.29, 1.82) is 21.0 Å². The van der Waals surface area contributed by atoms with Crippen LogP contribution in [0.25, 0.3) is 10.8 Å². The second-order valence-corrected chi connectivity index (χ2v) is 6.61. The largest absolute Gasteiger partial charge is 0.192 e. The standard InChI is InChI=1S/C20H16N4/c1-5-12-6-13(8-21)19-16(11-24)17(20(2,3)4)7-14(9-22)18(19)15(12)10-23/h6-7H,5H2,1-4H3. The van der Waals surface area contributed by atoms with Gasteiger partial charge in [-0.15, -0.1) is 0 Å². The normalized spacial score (nSPS) is 10.5. The molecule has 0 saturated carbocycles. The molecule has 0 atom stereocenters. The topological polar surface area (TPSA) is 95.2 Å². The van der Waals surface area contributed by atoms with E-state index >= 15 is 0 Å². The summed E-state index contributed by atoms with van der Waals surface area (Å²) in [6.45, 7) is 7.75. The molecule has 2 rings (SSSR count). The summed E-state index contributed by atoms with van der Waals surface area (Å²) < 4.78 is 0. The molecule has 4 nitrogen and oxygen atoms in total. The lowest BCUT2D eigenvalue weighted by atomic mass is 9.78. The SMILES string of the molecule is CCc1cc(C#N)c2c(C#N)c(C(C)(C)C)cc(C#N)c2c1C#N. The van der Waals surface area contributed by atoms with E-state index in [2.05, 4.69) is 24.3 Å². The molecule has 0 aliphatic carbocycles. The average Bonchev–Trinajstić information content (AvgIpc) is 2.57. The predicted octanol–water partition coefficient (Wildman–Crippen LogP) is 4.19. The first kappa shape index (κ1) is 17.0. The van der Waals surface area contributed by atoms with Gasteiger partial charge in [-0.05, 0) is 35.1 Å². The molecule has 0 heterocycles. The van der Waals surface area contributed by atoms with Crippen LogP contribution >= 0.6 is 0 Å². The van der Waals surface area contributed by atoms with Gasteiger partial charge >= 0.3 is 0 Å². The number of nitriles is 4. The van der Waals surface area contributed by atoms with E-state index in [0.717, 1.165) is 0 Å². The first-order chi connectivity index (χ1) is 11.3. The van der Waals surface area contributed by atoms with Crippen molar-refractivity contribution in [3.05, 3.63) is 45.5 Å². The van der Waals surface area contributed by atoms with Gasteiger partial charge in [-0.2, -0.15) is 21.0 Å². The van der Waals surface area contributed by atoms with Gasteiger partial charge in [0.1, 0.15) is 12.1 Å². The van der Waals surface area contributed by atoms with Gasteiger partial charge in [0.2, 0.25) is 0 Å². The van der Waals surface area contributed by atoms with Gasteiger partial charge in [0, 0.05) is 10.8 Å². The Labute approximate surface area is 141 Å². The van der Waals surface area contributed by atoms with Crippen LogP contribution in [0, 0.1) is 45.3 Å². The number of aryl methyl sites for hydroxylation is 1. The van der Waals surface area contributed by atoms with E-state index < -0.39 is 0 Å². The number of hydrogen-bond acceptors (Lipinski definition) is 4. The van der Waals surface area contributed by atoms with Gasteiger partial charge in [0.15, 0.2) is 0 Å². The van der Waals surface area contributed by atoms with Crippen LogP contribution in [-0.4, -0.2) is 0 Å². The van der Waals surface area contributed by atoms with Crippen molar-refractivity contribution in [2.45, 2.75) is 39.5 Å². The molecule has 116 valence electrons. The fraction of sp³-hybridized carbons (Fsp3) is 0.300. The van der Waals surface area contributed by atoms with E-state index in [1.807, 2.05) is 27.7 Å². The quantitative estimate of drug-likeness (QED) is 0.788. The highest BCUT2D eigenvalue weighted by Crippen LogP contribution is 2.37. The molecule has 0 radical (unpaired) electrons. The van der Waals surface area contributed by atoms with Crippen LogP contribution in [-0.2, 0) is 11.8 Å². The Balaban J connectivity index is 3.29. The zero-order valence-corrected chi connectivity index (χ0v) is 14.2. The summed E-state index contributed by atoms with van der Waals surface area (Å²) in [6.07, 6.45) is 0.571. The molecule has 0 fully saturated rings. The van der Waals surface area contributed by atoms with Crippen molar-refractivity contribution in [2.24, 2.45) is 0 Å². The molecule has 0 spiro atoms. The lowest BCUT2D eigenvalue weighted by Gasteiger charge is -2.23. The molecule has 2 aromatic rings. The molecule has 0 aliphatic heterocycles. The van der Waals surface area contributed by atoms with Gasteiger partial charge in [-0.1, -0.05) is 27.7 Å². The molecule has 0 aromatic heterocycles. The number of rotatable bonds is 1. The third-order valence-corrected chi connectivity index (χ3v) is 4.14. The fourth-order valence-corrected chi connectivity index (χ4v) is 2.98. The van der Waals surface area contributed by atoms with E-state index in [1.54, 1.807) is 12.1 Å². The van der Waals surface area contributed by atoms with E-state index in [-0.39, 0.29) is 5.41 Å². The Morgan fingerprint density at radius 1 is 0.792 bits per heavy atom. The third-order valence-electron chi connectivity index (χ3n) is 4.14. The van der Waals surface area contributed by atoms with Crippen LogP contribution < -0.4 is 0 Å². The van der Waals surface area contributed by atoms with Crippen molar-refractivity contribution in [3.8, 4) is 24.3 Å². The summed E-state index contributed by atoms with van der Waals surface area (Å²) in [4.78, 5) is 0. The van der Waals surface area contributed by atoms with Gasteiger partial charge in [-0.3, -0.25) is 0 Å². The third kappa shape index (κ3) is 2.46. The van der Waals surface area contributed by atoms with Gasteiger partial charge in [0.25, 0.3) is 0 Å². The maximum atomic E-state index is 9.73. The predicted molar refractivity (Wildman–Crippen MR) is 90.9 cm³/mol. The smallest absolute Gasteiger partial charge is 0.100 e. The Kier molecular flexibility index (Phi) is 4.28. The summed E-state index contributed by atoms with van der Waals surface area (Å²) >= 11 is 0. The number of benzene rings is 2. The highest BCUT2D eigenvalue weighted by atomic mass is 14.3. The van der Waals surface area contributed by atoms with Crippen molar-refractivity contribution < 1.29 is 0 Å². The summed E-state index contributed by atoms with van der Waals surface area (Å²) in [6, 6.07) is 12.0. The molecular formula is C20H16N4. The molecule has 2 aromatic carbocycles.